The molecular formula is C20H20Cl2FNO3. The smallest absolute Gasteiger partial charge is 0.261 e. The fourth-order valence-electron chi connectivity index (χ4n) is 4.09. The molecule has 2 amide bonds. The Kier molecular flexibility index (Phi) is 5.17. The second-order valence-electron chi connectivity index (χ2n) is 7.30. The van der Waals surface area contributed by atoms with E-state index in [1.165, 1.54) is 6.07 Å². The van der Waals surface area contributed by atoms with Gasteiger partial charge < -0.3 is 4.74 Å². The van der Waals surface area contributed by atoms with E-state index in [0.717, 1.165) is 49.5 Å². The Morgan fingerprint density at radius 1 is 1.00 bits per heavy atom. The molecule has 0 radical (unpaired) electrons. The summed E-state index contributed by atoms with van der Waals surface area (Å²) >= 11 is 12.5. The molecule has 0 N–H and O–H groups in total. The van der Waals surface area contributed by atoms with Gasteiger partial charge in [-0.05, 0) is 51.0 Å². The molecule has 0 spiro atoms. The number of imide groups is 1. The summed E-state index contributed by atoms with van der Waals surface area (Å²) in [4.78, 5) is 26.4. The lowest BCUT2D eigenvalue weighted by molar-refractivity contribution is -0.120. The Labute approximate surface area is 167 Å². The van der Waals surface area contributed by atoms with Crippen LogP contribution in [0, 0.1) is 5.82 Å². The van der Waals surface area contributed by atoms with Crippen LogP contribution in [0.4, 0.5) is 10.1 Å². The van der Waals surface area contributed by atoms with E-state index < -0.39 is 17.6 Å². The first-order chi connectivity index (χ1) is 13.0. The standard InChI is InChI=1S/C20H20Cl2FNO3/c21-13-7-3-4-8-17(13)27-18-10-16(15(23)9-14(18)22)24-19(25)11-5-1-2-6-12(11)20(24)26/h9-10,13,17H,1-8H2. The van der Waals surface area contributed by atoms with Crippen molar-refractivity contribution in [1.29, 1.82) is 0 Å². The van der Waals surface area contributed by atoms with Crippen molar-refractivity contribution in [3.8, 4) is 5.75 Å². The van der Waals surface area contributed by atoms with Gasteiger partial charge in [-0.15, -0.1) is 11.6 Å². The van der Waals surface area contributed by atoms with E-state index in [4.69, 9.17) is 27.9 Å². The molecule has 1 aromatic carbocycles. The number of ether oxygens (including phenoxy) is 1. The molecule has 144 valence electrons. The van der Waals surface area contributed by atoms with Crippen LogP contribution in [0.25, 0.3) is 0 Å². The maximum Gasteiger partial charge on any atom is 0.261 e. The molecule has 4 rings (SSSR count). The number of nitrogens with zero attached hydrogens (tertiary/aromatic N) is 1. The van der Waals surface area contributed by atoms with Gasteiger partial charge in [-0.1, -0.05) is 18.0 Å². The molecule has 1 aromatic rings. The first-order valence-electron chi connectivity index (χ1n) is 9.38. The number of anilines is 1. The van der Waals surface area contributed by atoms with Crippen molar-refractivity contribution in [2.45, 2.75) is 62.8 Å². The van der Waals surface area contributed by atoms with Crippen LogP contribution < -0.4 is 9.64 Å². The number of hydrogen-bond acceptors (Lipinski definition) is 3. The van der Waals surface area contributed by atoms with Crippen LogP contribution in [0.5, 0.6) is 5.75 Å². The third-order valence-electron chi connectivity index (χ3n) is 5.53. The Bertz CT molecular complexity index is 811. The zero-order valence-electron chi connectivity index (χ0n) is 14.8. The number of carbonyl (C=O) groups excluding carboxylic acids is 2. The van der Waals surface area contributed by atoms with E-state index in [0.29, 0.717) is 24.0 Å². The van der Waals surface area contributed by atoms with Crippen molar-refractivity contribution in [3.63, 3.8) is 0 Å². The fraction of sp³-hybridized carbons (Fsp3) is 0.500. The van der Waals surface area contributed by atoms with Gasteiger partial charge in [0, 0.05) is 17.2 Å². The largest absolute Gasteiger partial charge is 0.487 e. The molecule has 4 nitrogen and oxygen atoms in total. The molecule has 2 atom stereocenters. The van der Waals surface area contributed by atoms with Gasteiger partial charge in [-0.2, -0.15) is 0 Å². The van der Waals surface area contributed by atoms with Crippen molar-refractivity contribution >= 4 is 40.7 Å². The first kappa shape index (κ1) is 18.8. The summed E-state index contributed by atoms with van der Waals surface area (Å²) < 4.78 is 20.6. The average Bonchev–Trinajstić information content (AvgIpc) is 2.91. The van der Waals surface area contributed by atoms with Crippen LogP contribution in [-0.2, 0) is 9.59 Å². The van der Waals surface area contributed by atoms with E-state index in [1.807, 2.05) is 0 Å². The van der Waals surface area contributed by atoms with Crippen molar-refractivity contribution in [3.05, 3.63) is 34.1 Å². The minimum absolute atomic E-state index is 0.0995. The van der Waals surface area contributed by atoms with Crippen LogP contribution in [0.15, 0.2) is 23.3 Å². The summed E-state index contributed by atoms with van der Waals surface area (Å²) in [6.45, 7) is 0. The van der Waals surface area contributed by atoms with E-state index >= 15 is 0 Å². The van der Waals surface area contributed by atoms with Crippen LogP contribution >= 0.6 is 23.2 Å². The third kappa shape index (κ3) is 3.36. The number of hydrogen-bond donors (Lipinski definition) is 0. The zero-order chi connectivity index (χ0) is 19.1. The Morgan fingerprint density at radius 2 is 1.63 bits per heavy atom. The van der Waals surface area contributed by atoms with Crippen molar-refractivity contribution in [2.75, 3.05) is 4.90 Å². The van der Waals surface area contributed by atoms with Crippen molar-refractivity contribution in [2.24, 2.45) is 0 Å². The Balaban J connectivity index is 1.66. The number of carbonyl (C=O) groups is 2. The molecule has 7 heteroatoms. The van der Waals surface area contributed by atoms with Gasteiger partial charge in [-0.25, -0.2) is 9.29 Å². The van der Waals surface area contributed by atoms with Crippen molar-refractivity contribution < 1.29 is 18.7 Å². The number of amides is 2. The van der Waals surface area contributed by atoms with Gasteiger partial charge in [0.05, 0.1) is 16.1 Å². The lowest BCUT2D eigenvalue weighted by atomic mass is 9.93. The fourth-order valence-corrected chi connectivity index (χ4v) is 4.61. The normalized spacial score (nSPS) is 25.8. The zero-order valence-corrected chi connectivity index (χ0v) is 16.3. The number of alkyl halides is 1. The monoisotopic (exact) mass is 411 g/mol. The lowest BCUT2D eigenvalue weighted by Gasteiger charge is -2.28. The van der Waals surface area contributed by atoms with Gasteiger partial charge in [0.1, 0.15) is 17.7 Å². The molecule has 1 aliphatic heterocycles. The number of rotatable bonds is 3. The second-order valence-corrected chi connectivity index (χ2v) is 8.27. The summed E-state index contributed by atoms with van der Waals surface area (Å²) in [7, 11) is 0. The van der Waals surface area contributed by atoms with Gasteiger partial charge in [0.2, 0.25) is 0 Å². The topological polar surface area (TPSA) is 46.6 Å². The molecule has 0 aromatic heterocycles. The predicted octanol–water partition coefficient (Wildman–Crippen LogP) is 5.15. The summed E-state index contributed by atoms with van der Waals surface area (Å²) in [5, 5.41) is -0.0464. The van der Waals surface area contributed by atoms with Crippen LogP contribution in [0.3, 0.4) is 0 Å². The van der Waals surface area contributed by atoms with E-state index in [2.05, 4.69) is 0 Å². The summed E-state index contributed by atoms with van der Waals surface area (Å²) in [5.74, 6) is -1.35. The Morgan fingerprint density at radius 3 is 2.26 bits per heavy atom. The maximum atomic E-state index is 14.6. The molecule has 1 saturated carbocycles. The highest BCUT2D eigenvalue weighted by atomic mass is 35.5. The summed E-state index contributed by atoms with van der Waals surface area (Å²) in [5.41, 5.74) is 0.910. The highest BCUT2D eigenvalue weighted by molar-refractivity contribution is 6.34. The van der Waals surface area contributed by atoms with E-state index in [-0.39, 0.29) is 27.9 Å². The lowest BCUT2D eigenvalue weighted by Crippen LogP contribution is -2.33. The molecule has 0 saturated heterocycles. The quantitative estimate of drug-likeness (QED) is 0.510. The Hall–Kier alpha value is -1.59. The molecule has 2 unspecified atom stereocenters. The second kappa shape index (κ2) is 7.44. The number of benzene rings is 1. The summed E-state index contributed by atoms with van der Waals surface area (Å²) in [6.07, 6.45) is 6.29. The van der Waals surface area contributed by atoms with Crippen molar-refractivity contribution in [1.82, 2.24) is 0 Å². The minimum Gasteiger partial charge on any atom is -0.487 e. The third-order valence-corrected chi connectivity index (χ3v) is 6.33. The molecule has 1 fully saturated rings. The molecule has 3 aliphatic rings. The molecular weight excluding hydrogens is 392 g/mol. The van der Waals surface area contributed by atoms with Gasteiger partial charge in [0.25, 0.3) is 11.8 Å². The van der Waals surface area contributed by atoms with Gasteiger partial charge >= 0.3 is 0 Å². The van der Waals surface area contributed by atoms with Crippen LogP contribution in [0.2, 0.25) is 5.02 Å². The van der Waals surface area contributed by atoms with Gasteiger partial charge in [-0.3, -0.25) is 9.59 Å². The maximum absolute atomic E-state index is 14.6. The molecule has 27 heavy (non-hydrogen) atoms. The highest BCUT2D eigenvalue weighted by Crippen LogP contribution is 2.40. The van der Waals surface area contributed by atoms with E-state index in [9.17, 15) is 14.0 Å². The molecule has 1 heterocycles. The minimum atomic E-state index is -0.722. The van der Waals surface area contributed by atoms with Crippen LogP contribution in [-0.4, -0.2) is 23.3 Å². The van der Waals surface area contributed by atoms with Crippen LogP contribution in [0.1, 0.15) is 51.4 Å². The molecule has 2 aliphatic carbocycles. The van der Waals surface area contributed by atoms with Gasteiger partial charge in [0.15, 0.2) is 0 Å². The highest BCUT2D eigenvalue weighted by Gasteiger charge is 2.41. The SMILES string of the molecule is O=C1C2=C(CCCC2)C(=O)N1c1cc(OC2CCCCC2Cl)c(Cl)cc1F. The first-order valence-corrected chi connectivity index (χ1v) is 10.2. The average molecular weight is 412 g/mol. The molecule has 0 bridgehead atoms. The summed E-state index contributed by atoms with van der Waals surface area (Å²) in [6, 6.07) is 2.44. The van der Waals surface area contributed by atoms with E-state index in [1.54, 1.807) is 0 Å². The number of halogens is 3. The predicted molar refractivity (Wildman–Crippen MR) is 102 cm³/mol.